The van der Waals surface area contributed by atoms with Gasteiger partial charge in [0.25, 0.3) is 0 Å². The van der Waals surface area contributed by atoms with E-state index >= 15 is 0 Å². The number of carbonyl (C=O) groups is 2. The lowest BCUT2D eigenvalue weighted by Crippen LogP contribution is -2.41. The maximum atomic E-state index is 12.4. The molecule has 0 heterocycles. The van der Waals surface area contributed by atoms with Gasteiger partial charge in [-0.3, -0.25) is 4.79 Å². The molecule has 0 spiro atoms. The predicted molar refractivity (Wildman–Crippen MR) is 107 cm³/mol. The van der Waals surface area contributed by atoms with Crippen molar-refractivity contribution in [1.29, 1.82) is 0 Å². The van der Waals surface area contributed by atoms with E-state index in [4.69, 9.17) is 4.74 Å². The standard InChI is InChI=1S/C20H24N2O6S/c1-15-9-11-17(12-10-15)29(26,27)22-18(19(23)24)8-5-13-21-20(25)28-14-16-6-3-2-4-7-16/h2-4,6-7,9-12,18,22H,5,8,13-14H2,1H3,(H,21,25)(H,23,24)/t18-/m0/s1. The average Bonchev–Trinajstić information content (AvgIpc) is 2.69. The lowest BCUT2D eigenvalue weighted by Gasteiger charge is -2.15. The zero-order valence-corrected chi connectivity index (χ0v) is 16.8. The summed E-state index contributed by atoms with van der Waals surface area (Å²) in [7, 11) is -3.96. The Hall–Kier alpha value is -2.91. The Kier molecular flexibility index (Phi) is 8.17. The van der Waals surface area contributed by atoms with Gasteiger partial charge in [0.2, 0.25) is 10.0 Å². The van der Waals surface area contributed by atoms with Crippen molar-refractivity contribution in [2.45, 2.75) is 37.3 Å². The smallest absolute Gasteiger partial charge is 0.407 e. The zero-order valence-electron chi connectivity index (χ0n) is 16.0. The first-order valence-corrected chi connectivity index (χ1v) is 10.5. The third-order valence-corrected chi connectivity index (χ3v) is 5.57. The number of rotatable bonds is 10. The van der Waals surface area contributed by atoms with Crippen LogP contribution in [0.1, 0.15) is 24.0 Å². The molecule has 1 atom stereocenters. The molecule has 0 saturated heterocycles. The number of alkyl carbamates (subject to hydrolysis) is 1. The zero-order chi connectivity index (χ0) is 21.3. The van der Waals surface area contributed by atoms with E-state index in [-0.39, 0.29) is 30.9 Å². The fourth-order valence-electron chi connectivity index (χ4n) is 2.48. The molecule has 0 saturated carbocycles. The summed E-state index contributed by atoms with van der Waals surface area (Å²) < 4.78 is 32.0. The van der Waals surface area contributed by atoms with Gasteiger partial charge < -0.3 is 15.2 Å². The highest BCUT2D eigenvalue weighted by molar-refractivity contribution is 7.89. The largest absolute Gasteiger partial charge is 0.480 e. The summed E-state index contributed by atoms with van der Waals surface area (Å²) in [6.45, 7) is 2.10. The van der Waals surface area contributed by atoms with E-state index in [1.807, 2.05) is 37.3 Å². The predicted octanol–water partition coefficient (Wildman–Crippen LogP) is 2.43. The van der Waals surface area contributed by atoms with E-state index in [9.17, 15) is 23.1 Å². The third-order valence-electron chi connectivity index (χ3n) is 4.08. The Labute approximate surface area is 169 Å². The molecule has 156 valence electrons. The number of aryl methyl sites for hydroxylation is 1. The summed E-state index contributed by atoms with van der Waals surface area (Å²) in [4.78, 5) is 23.1. The molecule has 0 aliphatic heterocycles. The number of aliphatic carboxylic acids is 1. The lowest BCUT2D eigenvalue weighted by atomic mass is 10.2. The van der Waals surface area contributed by atoms with Crippen molar-refractivity contribution in [3.8, 4) is 0 Å². The second kappa shape index (κ2) is 10.6. The van der Waals surface area contributed by atoms with Gasteiger partial charge in [0.1, 0.15) is 12.6 Å². The molecule has 0 radical (unpaired) electrons. The summed E-state index contributed by atoms with van der Waals surface area (Å²) >= 11 is 0. The van der Waals surface area contributed by atoms with Crippen LogP contribution in [0.3, 0.4) is 0 Å². The van der Waals surface area contributed by atoms with Gasteiger partial charge in [-0.05, 0) is 37.5 Å². The number of ether oxygens (including phenoxy) is 1. The minimum absolute atomic E-state index is 0.00281. The molecule has 9 heteroatoms. The van der Waals surface area contributed by atoms with Crippen LogP contribution in [-0.2, 0) is 26.2 Å². The summed E-state index contributed by atoms with van der Waals surface area (Å²) in [6.07, 6.45) is -0.353. The van der Waals surface area contributed by atoms with Crippen LogP contribution in [0.4, 0.5) is 4.79 Å². The van der Waals surface area contributed by atoms with E-state index < -0.39 is 28.1 Å². The van der Waals surface area contributed by atoms with Crippen molar-refractivity contribution in [1.82, 2.24) is 10.0 Å². The topological polar surface area (TPSA) is 122 Å². The molecular weight excluding hydrogens is 396 g/mol. The van der Waals surface area contributed by atoms with E-state index in [0.717, 1.165) is 11.1 Å². The Bertz CT molecular complexity index is 914. The molecule has 2 aromatic carbocycles. The van der Waals surface area contributed by atoms with Crippen LogP contribution in [0.5, 0.6) is 0 Å². The third kappa shape index (κ3) is 7.55. The highest BCUT2D eigenvalue weighted by Gasteiger charge is 2.25. The van der Waals surface area contributed by atoms with Gasteiger partial charge >= 0.3 is 12.1 Å². The van der Waals surface area contributed by atoms with Crippen molar-refractivity contribution >= 4 is 22.1 Å². The Morgan fingerprint density at radius 1 is 1.07 bits per heavy atom. The molecule has 0 aliphatic carbocycles. The van der Waals surface area contributed by atoms with Gasteiger partial charge in [-0.1, -0.05) is 48.0 Å². The maximum Gasteiger partial charge on any atom is 0.407 e. The SMILES string of the molecule is Cc1ccc(S(=O)(=O)N[C@@H](CCCNC(=O)OCc2ccccc2)C(=O)O)cc1. The number of sulfonamides is 1. The second-order valence-electron chi connectivity index (χ2n) is 6.46. The number of benzene rings is 2. The van der Waals surface area contributed by atoms with Crippen LogP contribution in [0.15, 0.2) is 59.5 Å². The number of carbonyl (C=O) groups excluding carboxylic acids is 1. The first-order chi connectivity index (χ1) is 13.8. The minimum Gasteiger partial charge on any atom is -0.480 e. The van der Waals surface area contributed by atoms with Crippen molar-refractivity contribution in [3.05, 3.63) is 65.7 Å². The summed E-state index contributed by atoms with van der Waals surface area (Å²) in [5.74, 6) is -1.28. The fourth-order valence-corrected chi connectivity index (χ4v) is 3.70. The summed E-state index contributed by atoms with van der Waals surface area (Å²) in [5, 5.41) is 11.8. The second-order valence-corrected chi connectivity index (χ2v) is 8.17. The number of hydrogen-bond acceptors (Lipinski definition) is 5. The molecule has 0 bridgehead atoms. The number of nitrogens with one attached hydrogen (secondary N) is 2. The van der Waals surface area contributed by atoms with E-state index in [0.29, 0.717) is 0 Å². The summed E-state index contributed by atoms with van der Waals surface area (Å²) in [5.41, 5.74) is 1.74. The molecule has 0 unspecified atom stereocenters. The van der Waals surface area contributed by atoms with Crippen LogP contribution in [0.2, 0.25) is 0 Å². The molecule has 0 aromatic heterocycles. The highest BCUT2D eigenvalue weighted by atomic mass is 32.2. The summed E-state index contributed by atoms with van der Waals surface area (Å²) in [6, 6.07) is 14.0. The maximum absolute atomic E-state index is 12.4. The molecule has 2 rings (SSSR count). The van der Waals surface area contributed by atoms with Crippen LogP contribution in [-0.4, -0.2) is 38.2 Å². The molecular formula is C20H24N2O6S. The van der Waals surface area contributed by atoms with Gasteiger partial charge in [0.15, 0.2) is 0 Å². The highest BCUT2D eigenvalue weighted by Crippen LogP contribution is 2.12. The number of carboxylic acids is 1. The van der Waals surface area contributed by atoms with E-state index in [1.54, 1.807) is 12.1 Å². The van der Waals surface area contributed by atoms with Gasteiger partial charge in [-0.2, -0.15) is 4.72 Å². The number of carboxylic acid groups (broad SMARTS) is 1. The normalized spacial score (nSPS) is 12.2. The molecule has 3 N–H and O–H groups in total. The van der Waals surface area contributed by atoms with Crippen molar-refractivity contribution in [2.75, 3.05) is 6.54 Å². The van der Waals surface area contributed by atoms with E-state index in [2.05, 4.69) is 10.0 Å². The van der Waals surface area contributed by atoms with Crippen molar-refractivity contribution in [3.63, 3.8) is 0 Å². The Morgan fingerprint density at radius 3 is 2.34 bits per heavy atom. The van der Waals surface area contributed by atoms with Crippen LogP contribution in [0.25, 0.3) is 0 Å². The number of amides is 1. The van der Waals surface area contributed by atoms with Gasteiger partial charge in [-0.15, -0.1) is 0 Å². The van der Waals surface area contributed by atoms with Crippen LogP contribution < -0.4 is 10.0 Å². The molecule has 2 aromatic rings. The lowest BCUT2D eigenvalue weighted by molar-refractivity contribution is -0.139. The van der Waals surface area contributed by atoms with Gasteiger partial charge in [0.05, 0.1) is 4.90 Å². The monoisotopic (exact) mass is 420 g/mol. The van der Waals surface area contributed by atoms with Crippen LogP contribution in [0, 0.1) is 6.92 Å². The quantitative estimate of drug-likeness (QED) is 0.508. The first kappa shape index (κ1) is 22.4. The molecule has 8 nitrogen and oxygen atoms in total. The van der Waals surface area contributed by atoms with Crippen molar-refractivity contribution in [2.24, 2.45) is 0 Å². The Morgan fingerprint density at radius 2 is 1.72 bits per heavy atom. The Balaban J connectivity index is 1.78. The average molecular weight is 420 g/mol. The molecule has 29 heavy (non-hydrogen) atoms. The van der Waals surface area contributed by atoms with E-state index in [1.165, 1.54) is 12.1 Å². The van der Waals surface area contributed by atoms with Crippen LogP contribution >= 0.6 is 0 Å². The first-order valence-electron chi connectivity index (χ1n) is 9.04. The number of hydrogen-bond donors (Lipinski definition) is 3. The fraction of sp³-hybridized carbons (Fsp3) is 0.300. The molecule has 0 fully saturated rings. The van der Waals surface area contributed by atoms with Gasteiger partial charge in [0, 0.05) is 6.54 Å². The molecule has 1 amide bonds. The van der Waals surface area contributed by atoms with Gasteiger partial charge in [-0.25, -0.2) is 13.2 Å². The minimum atomic E-state index is -3.96. The molecule has 0 aliphatic rings. The van der Waals surface area contributed by atoms with Crippen molar-refractivity contribution < 1.29 is 27.9 Å².